The van der Waals surface area contributed by atoms with E-state index in [2.05, 4.69) is 33.8 Å². The molecule has 0 unspecified atom stereocenters. The lowest BCUT2D eigenvalue weighted by Crippen LogP contribution is -2.56. The van der Waals surface area contributed by atoms with Crippen molar-refractivity contribution in [3.63, 3.8) is 0 Å². The zero-order valence-corrected chi connectivity index (χ0v) is 11.6. The summed E-state index contributed by atoms with van der Waals surface area (Å²) in [7, 11) is 0. The summed E-state index contributed by atoms with van der Waals surface area (Å²) in [4.78, 5) is 0. The van der Waals surface area contributed by atoms with Gasteiger partial charge in [0, 0.05) is 11.3 Å². The molecule has 0 spiro atoms. The molecule has 1 aliphatic heterocycles. The first kappa shape index (κ1) is 13.1. The van der Waals surface area contributed by atoms with Gasteiger partial charge in [-0.3, -0.25) is 0 Å². The second-order valence-corrected chi connectivity index (χ2v) is 6.04. The van der Waals surface area contributed by atoms with Crippen LogP contribution in [0.5, 0.6) is 0 Å². The Hall–Kier alpha value is -0.340. The van der Waals surface area contributed by atoms with Crippen LogP contribution < -0.4 is 0 Å². The van der Waals surface area contributed by atoms with Gasteiger partial charge in [-0.1, -0.05) is 38.8 Å². The standard InChI is InChI=1S/C15H26O2/c1-5-6-13-14-10(2)7-11(3)15(8-16,9-17-13)12(14)4/h7,11-14,16H,5-6,8-9H2,1-4H3/t11-,12-,13-,14-,15+/m0/s1. The van der Waals surface area contributed by atoms with E-state index >= 15 is 0 Å². The van der Waals surface area contributed by atoms with Gasteiger partial charge >= 0.3 is 0 Å². The Morgan fingerprint density at radius 2 is 2.18 bits per heavy atom. The van der Waals surface area contributed by atoms with Crippen LogP contribution >= 0.6 is 0 Å². The number of hydrogen-bond acceptors (Lipinski definition) is 2. The van der Waals surface area contributed by atoms with Crippen LogP contribution in [0.3, 0.4) is 0 Å². The molecular formula is C15H26O2. The van der Waals surface area contributed by atoms with Gasteiger partial charge in [0.05, 0.1) is 19.3 Å². The molecule has 1 N–H and O–H groups in total. The third-order valence-corrected chi connectivity index (χ3v) is 5.23. The molecule has 1 fully saturated rings. The monoisotopic (exact) mass is 238 g/mol. The first-order valence-electron chi connectivity index (χ1n) is 6.97. The zero-order valence-electron chi connectivity index (χ0n) is 11.6. The molecule has 2 rings (SSSR count). The fourth-order valence-electron chi connectivity index (χ4n) is 3.96. The highest BCUT2D eigenvalue weighted by Gasteiger charge is 2.52. The lowest BCUT2D eigenvalue weighted by atomic mass is 9.56. The van der Waals surface area contributed by atoms with E-state index in [9.17, 15) is 5.11 Å². The number of ether oxygens (including phenoxy) is 1. The Bertz CT molecular complexity index is 310. The molecule has 1 aliphatic carbocycles. The van der Waals surface area contributed by atoms with Crippen LogP contribution in [-0.2, 0) is 4.74 Å². The molecule has 2 heteroatoms. The fraction of sp³-hybridized carbons (Fsp3) is 0.867. The minimum Gasteiger partial charge on any atom is -0.396 e. The molecule has 2 aliphatic rings. The average Bonchev–Trinajstić information content (AvgIpc) is 2.28. The molecule has 2 nitrogen and oxygen atoms in total. The first-order valence-corrected chi connectivity index (χ1v) is 6.97. The number of rotatable bonds is 3. The van der Waals surface area contributed by atoms with E-state index in [0.29, 0.717) is 23.9 Å². The number of hydrogen-bond donors (Lipinski definition) is 1. The Labute approximate surface area is 105 Å². The number of aliphatic hydroxyl groups excluding tert-OH is 1. The summed E-state index contributed by atoms with van der Waals surface area (Å²) in [6, 6.07) is 0. The molecule has 1 heterocycles. The second-order valence-electron chi connectivity index (χ2n) is 6.04. The van der Waals surface area contributed by atoms with E-state index in [0.717, 1.165) is 13.0 Å². The molecule has 98 valence electrons. The van der Waals surface area contributed by atoms with Crippen LogP contribution in [0.25, 0.3) is 0 Å². The minimum absolute atomic E-state index is 0.0472. The Morgan fingerprint density at radius 3 is 2.76 bits per heavy atom. The number of allylic oxidation sites excluding steroid dienone is 1. The maximum absolute atomic E-state index is 9.83. The molecule has 0 saturated carbocycles. The van der Waals surface area contributed by atoms with Gasteiger partial charge in [0.15, 0.2) is 0 Å². The average molecular weight is 238 g/mol. The molecule has 0 aromatic carbocycles. The Kier molecular flexibility index (Phi) is 3.65. The molecule has 5 atom stereocenters. The highest BCUT2D eigenvalue weighted by molar-refractivity contribution is 5.20. The summed E-state index contributed by atoms with van der Waals surface area (Å²) in [6.45, 7) is 9.93. The number of fused-ring (bicyclic) bond motifs is 2. The van der Waals surface area contributed by atoms with Crippen LogP contribution in [0, 0.1) is 23.2 Å². The van der Waals surface area contributed by atoms with Gasteiger partial charge in [-0.15, -0.1) is 0 Å². The lowest BCUT2D eigenvalue weighted by Gasteiger charge is -2.55. The summed E-state index contributed by atoms with van der Waals surface area (Å²) in [6.07, 6.45) is 5.03. The van der Waals surface area contributed by atoms with Crippen molar-refractivity contribution < 1.29 is 9.84 Å². The number of aliphatic hydroxyl groups is 1. The van der Waals surface area contributed by atoms with E-state index in [1.807, 2.05) is 0 Å². The Morgan fingerprint density at radius 1 is 1.47 bits per heavy atom. The van der Waals surface area contributed by atoms with Crippen molar-refractivity contribution in [3.05, 3.63) is 11.6 Å². The third kappa shape index (κ3) is 1.86. The van der Waals surface area contributed by atoms with Crippen LogP contribution in [0.1, 0.15) is 40.5 Å². The molecule has 0 radical (unpaired) electrons. The molecule has 0 aromatic heterocycles. The van der Waals surface area contributed by atoms with Crippen molar-refractivity contribution in [1.82, 2.24) is 0 Å². The topological polar surface area (TPSA) is 29.5 Å². The van der Waals surface area contributed by atoms with Crippen molar-refractivity contribution in [2.75, 3.05) is 13.2 Å². The van der Waals surface area contributed by atoms with E-state index in [1.54, 1.807) is 0 Å². The maximum atomic E-state index is 9.83. The van der Waals surface area contributed by atoms with Crippen molar-refractivity contribution in [2.45, 2.75) is 46.6 Å². The van der Waals surface area contributed by atoms with E-state index in [4.69, 9.17) is 4.74 Å². The van der Waals surface area contributed by atoms with Gasteiger partial charge < -0.3 is 9.84 Å². The predicted octanol–water partition coefficient (Wildman–Crippen LogP) is 3.01. The molecule has 1 saturated heterocycles. The Balaban J connectivity index is 2.34. The van der Waals surface area contributed by atoms with E-state index in [1.165, 1.54) is 12.0 Å². The second kappa shape index (κ2) is 4.74. The molecule has 0 aromatic rings. The van der Waals surface area contributed by atoms with Gasteiger partial charge in [-0.2, -0.15) is 0 Å². The van der Waals surface area contributed by atoms with Gasteiger partial charge in [-0.05, 0) is 25.2 Å². The maximum Gasteiger partial charge on any atom is 0.0643 e. The minimum atomic E-state index is -0.0472. The molecular weight excluding hydrogens is 212 g/mol. The normalized spacial score (nSPS) is 45.6. The zero-order chi connectivity index (χ0) is 12.6. The highest BCUT2D eigenvalue weighted by Crippen LogP contribution is 2.52. The van der Waals surface area contributed by atoms with Crippen molar-refractivity contribution >= 4 is 0 Å². The van der Waals surface area contributed by atoms with Crippen LogP contribution in [-0.4, -0.2) is 24.4 Å². The van der Waals surface area contributed by atoms with Gasteiger partial charge in [0.2, 0.25) is 0 Å². The lowest BCUT2D eigenvalue weighted by molar-refractivity contribution is -0.164. The smallest absolute Gasteiger partial charge is 0.0643 e. The van der Waals surface area contributed by atoms with Crippen LogP contribution in [0.2, 0.25) is 0 Å². The SMILES string of the molecule is CCC[C@@H]1OC[C@]2(CO)[C@@H](C)C=C(C)[C@H]1[C@@H]2C. The van der Waals surface area contributed by atoms with E-state index in [-0.39, 0.29) is 12.0 Å². The quantitative estimate of drug-likeness (QED) is 0.766. The fourth-order valence-corrected chi connectivity index (χ4v) is 3.96. The predicted molar refractivity (Wildman–Crippen MR) is 69.7 cm³/mol. The summed E-state index contributed by atoms with van der Waals surface area (Å²) in [5.74, 6) is 1.45. The molecule has 2 bridgehead atoms. The third-order valence-electron chi connectivity index (χ3n) is 5.23. The summed E-state index contributed by atoms with van der Waals surface area (Å²) < 4.78 is 6.09. The largest absolute Gasteiger partial charge is 0.396 e. The first-order chi connectivity index (χ1) is 8.06. The van der Waals surface area contributed by atoms with Crippen molar-refractivity contribution in [2.24, 2.45) is 23.2 Å². The van der Waals surface area contributed by atoms with Gasteiger partial charge in [0.25, 0.3) is 0 Å². The van der Waals surface area contributed by atoms with Crippen molar-refractivity contribution in [1.29, 1.82) is 0 Å². The van der Waals surface area contributed by atoms with Gasteiger partial charge in [-0.25, -0.2) is 0 Å². The molecule has 17 heavy (non-hydrogen) atoms. The highest BCUT2D eigenvalue weighted by atomic mass is 16.5. The summed E-state index contributed by atoms with van der Waals surface area (Å²) in [5, 5.41) is 9.83. The van der Waals surface area contributed by atoms with Crippen LogP contribution in [0.15, 0.2) is 11.6 Å². The van der Waals surface area contributed by atoms with Gasteiger partial charge in [0.1, 0.15) is 0 Å². The van der Waals surface area contributed by atoms with Crippen LogP contribution in [0.4, 0.5) is 0 Å². The van der Waals surface area contributed by atoms with E-state index < -0.39 is 0 Å². The molecule has 0 amide bonds. The summed E-state index contributed by atoms with van der Waals surface area (Å²) in [5.41, 5.74) is 1.42. The summed E-state index contributed by atoms with van der Waals surface area (Å²) >= 11 is 0. The van der Waals surface area contributed by atoms with Crippen molar-refractivity contribution in [3.8, 4) is 0 Å².